The van der Waals surface area contributed by atoms with Crippen molar-refractivity contribution in [3.05, 3.63) is 151 Å². The molecule has 4 heteroatoms. The summed E-state index contributed by atoms with van der Waals surface area (Å²) < 4.78 is 2.46. The molecule has 0 saturated carbocycles. The fourth-order valence-corrected chi connectivity index (χ4v) is 12.2. The highest BCUT2D eigenvalue weighted by Crippen LogP contribution is 2.53. The van der Waals surface area contributed by atoms with Crippen LogP contribution in [-0.2, 0) is 5.41 Å². The van der Waals surface area contributed by atoms with Gasteiger partial charge >= 0.3 is 0 Å². The third kappa shape index (κ3) is 3.83. The molecule has 10 rings (SSSR count). The molecule has 3 nitrogen and oxygen atoms in total. The van der Waals surface area contributed by atoms with Gasteiger partial charge in [0.2, 0.25) is 0 Å². The molecule has 0 amide bonds. The molecule has 6 aromatic carbocycles. The summed E-state index contributed by atoms with van der Waals surface area (Å²) in [5.74, 6) is 0.774. The van der Waals surface area contributed by atoms with Gasteiger partial charge in [-0.25, -0.2) is 9.97 Å². The van der Waals surface area contributed by atoms with Gasteiger partial charge in [0, 0.05) is 33.0 Å². The van der Waals surface area contributed by atoms with Gasteiger partial charge in [-0.05, 0) is 62.5 Å². The molecule has 0 bridgehead atoms. The maximum absolute atomic E-state index is 5.41. The molecule has 2 aliphatic rings. The fraction of sp³-hybridized carbons (Fsp3) is 0.111. The number of rotatable bonds is 3. The highest BCUT2D eigenvalue weighted by Gasteiger charge is 2.42. The Labute approximate surface area is 287 Å². The first-order chi connectivity index (χ1) is 23.8. The number of para-hydroxylation sites is 1. The smallest absolute Gasteiger partial charge is 0.160 e. The number of hydrogen-bond acceptors (Lipinski definition) is 2. The highest BCUT2D eigenvalue weighted by atomic mass is 28.3. The average molecular weight is 646 g/mol. The fourth-order valence-electron chi connectivity index (χ4n) is 8.94. The van der Waals surface area contributed by atoms with Gasteiger partial charge in [0.15, 0.2) is 5.82 Å². The zero-order valence-electron chi connectivity index (χ0n) is 28.1. The summed E-state index contributed by atoms with van der Waals surface area (Å²) in [6.45, 7) is 9.66. The molecule has 0 atom stereocenters. The van der Waals surface area contributed by atoms with Crippen molar-refractivity contribution in [2.24, 2.45) is 0 Å². The minimum Gasteiger partial charge on any atom is -0.309 e. The molecule has 2 aromatic heterocycles. The van der Waals surface area contributed by atoms with Crippen molar-refractivity contribution in [3.8, 4) is 50.7 Å². The number of fused-ring (bicyclic) bond motifs is 10. The van der Waals surface area contributed by atoms with Crippen LogP contribution in [0, 0.1) is 0 Å². The van der Waals surface area contributed by atoms with Crippen LogP contribution in [0.3, 0.4) is 0 Å². The SMILES string of the molecule is CC1(C)c2ccccc2-c2ccc3c(c21)c1ccccc1n3-c1cccc(-c2nc(-c3ccccc3)nc3c2[Si](C)(C)c2ccccc2-3)c1. The highest BCUT2D eigenvalue weighted by molar-refractivity contribution is 7.04. The second-order valence-electron chi connectivity index (χ2n) is 14.6. The van der Waals surface area contributed by atoms with Gasteiger partial charge in [-0.15, -0.1) is 0 Å². The van der Waals surface area contributed by atoms with Gasteiger partial charge in [-0.3, -0.25) is 0 Å². The van der Waals surface area contributed by atoms with Crippen LogP contribution in [-0.4, -0.2) is 22.6 Å². The van der Waals surface area contributed by atoms with E-state index in [1.165, 1.54) is 60.0 Å². The lowest BCUT2D eigenvalue weighted by Crippen LogP contribution is -2.50. The van der Waals surface area contributed by atoms with E-state index in [9.17, 15) is 0 Å². The van der Waals surface area contributed by atoms with Crippen LogP contribution in [0.4, 0.5) is 0 Å². The van der Waals surface area contributed by atoms with Crippen molar-refractivity contribution in [3.63, 3.8) is 0 Å². The van der Waals surface area contributed by atoms with Gasteiger partial charge in [0.25, 0.3) is 0 Å². The van der Waals surface area contributed by atoms with E-state index in [1.807, 2.05) is 6.07 Å². The molecule has 1 aliphatic carbocycles. The van der Waals surface area contributed by atoms with Crippen LogP contribution >= 0.6 is 0 Å². The van der Waals surface area contributed by atoms with Crippen LogP contribution in [0.2, 0.25) is 13.1 Å². The largest absolute Gasteiger partial charge is 0.309 e. The van der Waals surface area contributed by atoms with Crippen LogP contribution < -0.4 is 10.4 Å². The lowest BCUT2D eigenvalue weighted by molar-refractivity contribution is 0.666. The van der Waals surface area contributed by atoms with E-state index >= 15 is 0 Å². The third-order valence-corrected chi connectivity index (χ3v) is 14.7. The number of aromatic nitrogens is 3. The zero-order chi connectivity index (χ0) is 33.1. The van der Waals surface area contributed by atoms with Gasteiger partial charge in [0.1, 0.15) is 8.07 Å². The molecule has 0 saturated heterocycles. The second-order valence-corrected chi connectivity index (χ2v) is 18.9. The molecule has 1 aliphatic heterocycles. The Balaban J connectivity index is 1.24. The maximum Gasteiger partial charge on any atom is 0.160 e. The zero-order valence-corrected chi connectivity index (χ0v) is 29.1. The van der Waals surface area contributed by atoms with Gasteiger partial charge in [0.05, 0.1) is 22.4 Å². The van der Waals surface area contributed by atoms with Crippen LogP contribution in [0.5, 0.6) is 0 Å². The summed E-state index contributed by atoms with van der Waals surface area (Å²) in [4.78, 5) is 10.7. The predicted molar refractivity (Wildman–Crippen MR) is 207 cm³/mol. The Kier molecular flexibility index (Phi) is 5.79. The van der Waals surface area contributed by atoms with Crippen molar-refractivity contribution in [2.45, 2.75) is 32.4 Å². The van der Waals surface area contributed by atoms with E-state index in [-0.39, 0.29) is 5.41 Å². The molecule has 0 unspecified atom stereocenters. The van der Waals surface area contributed by atoms with Crippen LogP contribution in [0.25, 0.3) is 72.5 Å². The normalized spacial score (nSPS) is 14.9. The van der Waals surface area contributed by atoms with Crippen molar-refractivity contribution < 1.29 is 0 Å². The molecule has 8 aromatic rings. The Hall–Kier alpha value is -5.58. The van der Waals surface area contributed by atoms with Gasteiger partial charge in [-0.1, -0.05) is 142 Å². The Morgan fingerprint density at radius 1 is 0.571 bits per heavy atom. The van der Waals surface area contributed by atoms with Gasteiger partial charge in [-0.2, -0.15) is 0 Å². The molecule has 49 heavy (non-hydrogen) atoms. The first-order valence-electron chi connectivity index (χ1n) is 17.2. The molecule has 0 spiro atoms. The Bertz CT molecular complexity index is 2660. The number of nitrogens with zero attached hydrogens (tertiary/aromatic N) is 3. The molecule has 234 valence electrons. The second kappa shape index (κ2) is 9.97. The van der Waals surface area contributed by atoms with E-state index in [2.05, 4.69) is 165 Å². The Morgan fingerprint density at radius 3 is 2.12 bits per heavy atom. The summed E-state index contributed by atoms with van der Waals surface area (Å²) in [7, 11) is -2.09. The van der Waals surface area contributed by atoms with Crippen molar-refractivity contribution in [1.29, 1.82) is 0 Å². The quantitative estimate of drug-likeness (QED) is 0.179. The van der Waals surface area contributed by atoms with Crippen LogP contribution in [0.1, 0.15) is 25.0 Å². The lowest BCUT2D eigenvalue weighted by Gasteiger charge is -2.23. The first kappa shape index (κ1) is 28.4. The molecular weight excluding hydrogens is 611 g/mol. The summed E-state index contributed by atoms with van der Waals surface area (Å²) in [6.07, 6.45) is 0. The Morgan fingerprint density at radius 2 is 1.27 bits per heavy atom. The van der Waals surface area contributed by atoms with E-state index in [0.717, 1.165) is 34.0 Å². The molecule has 3 heterocycles. The maximum atomic E-state index is 5.41. The van der Waals surface area contributed by atoms with Crippen molar-refractivity contribution >= 4 is 40.3 Å². The standard InChI is InChI=1S/C45H35N3Si/c1-45(2)35-22-11-8-19-31(35)32-25-26-37-39(40(32)45)33-20-9-12-23-36(33)48(37)30-18-14-17-29(27-30)41-43-42(34-21-10-13-24-38(34)49(43,3)4)47-44(46-41)28-15-6-5-7-16-28/h5-27H,1-4H3. The van der Waals surface area contributed by atoms with Gasteiger partial charge < -0.3 is 4.57 Å². The van der Waals surface area contributed by atoms with Crippen LogP contribution in [0.15, 0.2) is 140 Å². The summed E-state index contributed by atoms with van der Waals surface area (Å²) in [5.41, 5.74) is 14.6. The van der Waals surface area contributed by atoms with E-state index in [0.29, 0.717) is 0 Å². The predicted octanol–water partition coefficient (Wildman–Crippen LogP) is 10.0. The number of benzene rings is 6. The van der Waals surface area contributed by atoms with E-state index in [1.54, 1.807) is 0 Å². The average Bonchev–Trinajstić information content (AvgIpc) is 3.69. The summed E-state index contributed by atoms with van der Waals surface area (Å²) in [6, 6.07) is 50.8. The third-order valence-electron chi connectivity index (χ3n) is 11.2. The topological polar surface area (TPSA) is 30.7 Å². The van der Waals surface area contributed by atoms with E-state index in [4.69, 9.17) is 9.97 Å². The molecular formula is C45H35N3Si. The number of hydrogen-bond donors (Lipinski definition) is 0. The molecule has 0 fully saturated rings. The lowest BCUT2D eigenvalue weighted by atomic mass is 9.80. The molecule has 0 N–H and O–H groups in total. The van der Waals surface area contributed by atoms with Crippen molar-refractivity contribution in [1.82, 2.24) is 14.5 Å². The molecule has 0 radical (unpaired) electrons. The first-order valence-corrected chi connectivity index (χ1v) is 20.2. The summed E-state index contributed by atoms with van der Waals surface area (Å²) >= 11 is 0. The van der Waals surface area contributed by atoms with E-state index < -0.39 is 8.07 Å². The minimum atomic E-state index is -2.09. The van der Waals surface area contributed by atoms with Crippen molar-refractivity contribution in [2.75, 3.05) is 0 Å². The summed E-state index contributed by atoms with van der Waals surface area (Å²) in [5, 5.41) is 5.39. The minimum absolute atomic E-state index is 0.108. The monoisotopic (exact) mass is 645 g/mol.